The maximum atomic E-state index is 13.0. The Balaban J connectivity index is 1.77. The van der Waals surface area contributed by atoms with Crippen LogP contribution in [0, 0.1) is 6.92 Å². The summed E-state index contributed by atoms with van der Waals surface area (Å²) in [6.45, 7) is 1.92. The summed E-state index contributed by atoms with van der Waals surface area (Å²) in [4.78, 5) is 13.0. The molecule has 0 aliphatic carbocycles. The number of aryl methyl sites for hydroxylation is 1. The number of rotatable bonds is 4. The molecular formula is C23H18BrN3O3. The summed E-state index contributed by atoms with van der Waals surface area (Å²) in [6.07, 6.45) is 0. The SMILES string of the molecule is Cc1ccccc1NC(=O)c1cc2ccc(O)cc2oc1=NNc1ccc(Br)cc1. The van der Waals surface area contributed by atoms with Gasteiger partial charge in [0, 0.05) is 21.6 Å². The third-order valence-electron chi connectivity index (χ3n) is 4.50. The monoisotopic (exact) mass is 463 g/mol. The first-order valence-electron chi connectivity index (χ1n) is 9.19. The van der Waals surface area contributed by atoms with E-state index in [2.05, 4.69) is 31.8 Å². The Hall–Kier alpha value is -3.58. The number of phenolic OH excluding ortho intramolecular Hbond substituents is 1. The predicted molar refractivity (Wildman–Crippen MR) is 120 cm³/mol. The molecule has 1 aromatic heterocycles. The molecular weight excluding hydrogens is 446 g/mol. The molecule has 30 heavy (non-hydrogen) atoms. The molecule has 0 spiro atoms. The molecule has 0 aliphatic heterocycles. The topological polar surface area (TPSA) is 86.9 Å². The quantitative estimate of drug-likeness (QED) is 0.354. The Morgan fingerprint density at radius 3 is 2.57 bits per heavy atom. The lowest BCUT2D eigenvalue weighted by Crippen LogP contribution is -2.23. The highest BCUT2D eigenvalue weighted by Crippen LogP contribution is 2.21. The van der Waals surface area contributed by atoms with Crippen LogP contribution >= 0.6 is 15.9 Å². The molecule has 0 bridgehead atoms. The smallest absolute Gasteiger partial charge is 0.261 e. The summed E-state index contributed by atoms with van der Waals surface area (Å²) in [5, 5.41) is 17.6. The molecule has 4 aromatic rings. The van der Waals surface area contributed by atoms with E-state index >= 15 is 0 Å². The average Bonchev–Trinajstić information content (AvgIpc) is 2.74. The van der Waals surface area contributed by atoms with Crippen LogP contribution in [0.2, 0.25) is 0 Å². The lowest BCUT2D eigenvalue weighted by molar-refractivity contribution is 0.102. The molecule has 0 atom stereocenters. The third-order valence-corrected chi connectivity index (χ3v) is 5.03. The molecule has 150 valence electrons. The molecule has 0 fully saturated rings. The Bertz CT molecular complexity index is 1300. The number of carbonyl (C=O) groups excluding carboxylic acids is 1. The normalized spacial score (nSPS) is 11.5. The molecule has 0 aliphatic rings. The maximum absolute atomic E-state index is 13.0. The van der Waals surface area contributed by atoms with Crippen LogP contribution < -0.4 is 16.3 Å². The van der Waals surface area contributed by atoms with Crippen molar-refractivity contribution in [3.63, 3.8) is 0 Å². The second kappa shape index (κ2) is 8.42. The van der Waals surface area contributed by atoms with Gasteiger partial charge < -0.3 is 14.8 Å². The highest BCUT2D eigenvalue weighted by molar-refractivity contribution is 9.10. The summed E-state index contributed by atoms with van der Waals surface area (Å²) >= 11 is 3.39. The summed E-state index contributed by atoms with van der Waals surface area (Å²) in [5.41, 5.74) is 6.07. The van der Waals surface area contributed by atoms with Crippen LogP contribution in [-0.2, 0) is 0 Å². The summed E-state index contributed by atoms with van der Waals surface area (Å²) < 4.78 is 6.79. The number of phenols is 1. The van der Waals surface area contributed by atoms with E-state index in [-0.39, 0.29) is 22.8 Å². The van der Waals surface area contributed by atoms with Crippen molar-refractivity contribution in [2.75, 3.05) is 10.7 Å². The summed E-state index contributed by atoms with van der Waals surface area (Å²) in [7, 11) is 0. The van der Waals surface area contributed by atoms with Crippen LogP contribution in [0.15, 0.2) is 86.8 Å². The van der Waals surface area contributed by atoms with Gasteiger partial charge in [0.15, 0.2) is 0 Å². The molecule has 1 amide bonds. The van der Waals surface area contributed by atoms with E-state index in [4.69, 9.17) is 4.42 Å². The van der Waals surface area contributed by atoms with Gasteiger partial charge in [0.25, 0.3) is 5.91 Å². The number of nitrogens with one attached hydrogen (secondary N) is 2. The summed E-state index contributed by atoms with van der Waals surface area (Å²) in [5.74, 6) is -0.283. The van der Waals surface area contributed by atoms with Crippen molar-refractivity contribution in [1.29, 1.82) is 0 Å². The molecule has 1 heterocycles. The first kappa shape index (κ1) is 19.7. The standard InChI is InChI=1S/C23H18BrN3O3/c1-14-4-2-3-5-20(14)25-22(29)19-12-15-6-11-18(28)13-21(15)30-23(19)27-26-17-9-7-16(24)8-10-17/h2-13,26,28H,1H3,(H,25,29). The van der Waals surface area contributed by atoms with Gasteiger partial charge in [0.1, 0.15) is 16.9 Å². The van der Waals surface area contributed by atoms with Crippen molar-refractivity contribution >= 4 is 44.2 Å². The molecule has 0 radical (unpaired) electrons. The fourth-order valence-corrected chi connectivity index (χ4v) is 3.16. The number of para-hydroxylation sites is 1. The second-order valence-corrected chi connectivity index (χ2v) is 7.60. The van der Waals surface area contributed by atoms with E-state index in [0.717, 1.165) is 15.7 Å². The molecule has 3 N–H and O–H groups in total. The first-order chi connectivity index (χ1) is 14.5. The Morgan fingerprint density at radius 1 is 1.03 bits per heavy atom. The lowest BCUT2D eigenvalue weighted by atomic mass is 10.1. The van der Waals surface area contributed by atoms with Gasteiger partial charge in [-0.2, -0.15) is 0 Å². The van der Waals surface area contributed by atoms with Gasteiger partial charge in [0.2, 0.25) is 5.55 Å². The van der Waals surface area contributed by atoms with Crippen LogP contribution in [0.1, 0.15) is 15.9 Å². The van der Waals surface area contributed by atoms with E-state index in [9.17, 15) is 9.90 Å². The predicted octanol–water partition coefficient (Wildman–Crippen LogP) is 5.39. The number of hydrogen-bond acceptors (Lipinski definition) is 5. The zero-order chi connectivity index (χ0) is 21.1. The fourth-order valence-electron chi connectivity index (χ4n) is 2.90. The van der Waals surface area contributed by atoms with E-state index in [1.54, 1.807) is 12.1 Å². The second-order valence-electron chi connectivity index (χ2n) is 6.69. The molecule has 0 saturated heterocycles. The van der Waals surface area contributed by atoms with Gasteiger partial charge in [-0.1, -0.05) is 34.1 Å². The molecule has 0 saturated carbocycles. The van der Waals surface area contributed by atoms with E-state index < -0.39 is 0 Å². The van der Waals surface area contributed by atoms with Crippen molar-refractivity contribution in [3.8, 4) is 5.75 Å². The van der Waals surface area contributed by atoms with Gasteiger partial charge in [-0.3, -0.25) is 10.2 Å². The van der Waals surface area contributed by atoms with Crippen molar-refractivity contribution in [2.45, 2.75) is 6.92 Å². The zero-order valence-corrected chi connectivity index (χ0v) is 17.6. The minimum absolute atomic E-state index is 0.0650. The van der Waals surface area contributed by atoms with Gasteiger partial charge >= 0.3 is 0 Å². The molecule has 4 rings (SSSR count). The maximum Gasteiger partial charge on any atom is 0.261 e. The number of anilines is 2. The van der Waals surface area contributed by atoms with Crippen LogP contribution in [0.4, 0.5) is 11.4 Å². The molecule has 7 heteroatoms. The fraction of sp³-hybridized carbons (Fsp3) is 0.0435. The first-order valence-corrected chi connectivity index (χ1v) is 9.98. The van der Waals surface area contributed by atoms with Crippen LogP contribution in [-0.4, -0.2) is 11.0 Å². The number of halogens is 1. The van der Waals surface area contributed by atoms with Crippen molar-refractivity contribution in [2.24, 2.45) is 5.10 Å². The number of fused-ring (bicyclic) bond motifs is 1. The van der Waals surface area contributed by atoms with Crippen molar-refractivity contribution in [1.82, 2.24) is 0 Å². The lowest BCUT2D eigenvalue weighted by Gasteiger charge is -2.09. The van der Waals surface area contributed by atoms with E-state index in [1.165, 1.54) is 12.1 Å². The van der Waals surface area contributed by atoms with Gasteiger partial charge in [-0.25, -0.2) is 0 Å². The van der Waals surface area contributed by atoms with E-state index in [1.807, 2.05) is 55.5 Å². The number of benzene rings is 3. The van der Waals surface area contributed by atoms with Crippen LogP contribution in [0.25, 0.3) is 11.0 Å². The number of carbonyl (C=O) groups is 1. The number of amides is 1. The minimum atomic E-state index is -0.348. The van der Waals surface area contributed by atoms with Gasteiger partial charge in [-0.05, 0) is 61.0 Å². The Morgan fingerprint density at radius 2 is 1.80 bits per heavy atom. The van der Waals surface area contributed by atoms with Crippen LogP contribution in [0.5, 0.6) is 5.75 Å². The number of hydrogen-bond donors (Lipinski definition) is 3. The zero-order valence-electron chi connectivity index (χ0n) is 16.0. The van der Waals surface area contributed by atoms with E-state index in [0.29, 0.717) is 16.7 Å². The highest BCUT2D eigenvalue weighted by Gasteiger charge is 2.14. The largest absolute Gasteiger partial charge is 0.508 e. The average molecular weight is 464 g/mol. The number of nitrogens with zero attached hydrogens (tertiary/aromatic N) is 1. The summed E-state index contributed by atoms with van der Waals surface area (Å²) in [6, 6.07) is 21.3. The van der Waals surface area contributed by atoms with Gasteiger partial charge in [0.05, 0.1) is 5.69 Å². The Kier molecular flexibility index (Phi) is 5.54. The molecule has 0 unspecified atom stereocenters. The van der Waals surface area contributed by atoms with Crippen molar-refractivity contribution in [3.05, 3.63) is 94.0 Å². The molecule has 3 aromatic carbocycles. The minimum Gasteiger partial charge on any atom is -0.508 e. The number of aromatic hydroxyl groups is 1. The molecule has 6 nitrogen and oxygen atoms in total. The Labute approximate surface area is 181 Å². The van der Waals surface area contributed by atoms with Crippen LogP contribution in [0.3, 0.4) is 0 Å². The van der Waals surface area contributed by atoms with Gasteiger partial charge in [-0.15, -0.1) is 5.10 Å². The highest BCUT2D eigenvalue weighted by atomic mass is 79.9. The van der Waals surface area contributed by atoms with Crippen molar-refractivity contribution < 1.29 is 14.3 Å². The third kappa shape index (κ3) is 4.36.